The number of nitrogens with one attached hydrogen (secondary N) is 1. The Morgan fingerprint density at radius 3 is 2.00 bits per heavy atom. The summed E-state index contributed by atoms with van der Waals surface area (Å²) in [5, 5.41) is 14.0. The molecule has 0 unspecified atom stereocenters. The highest BCUT2D eigenvalue weighted by molar-refractivity contribution is 5.78. The Bertz CT molecular complexity index is 988. The van der Waals surface area contributed by atoms with Gasteiger partial charge in [0.1, 0.15) is 5.75 Å². The van der Waals surface area contributed by atoms with Gasteiger partial charge in [0.25, 0.3) is 5.91 Å². The molecule has 3 aromatic rings. The normalized spacial score (nSPS) is 13.7. The summed E-state index contributed by atoms with van der Waals surface area (Å²) >= 11 is 0. The first-order chi connectivity index (χ1) is 15.9. The molecule has 0 heterocycles. The smallest absolute Gasteiger partial charge is 0.258 e. The Hall–Kier alpha value is -3.15. The van der Waals surface area contributed by atoms with Crippen LogP contribution >= 0.6 is 0 Å². The number of aryl methyl sites for hydroxylation is 2. The molecule has 0 aliphatic rings. The number of aliphatic hydroxyl groups excluding tert-OH is 1. The van der Waals surface area contributed by atoms with Gasteiger partial charge in [-0.1, -0.05) is 78.9 Å². The van der Waals surface area contributed by atoms with Crippen LogP contribution in [0, 0.1) is 13.8 Å². The molecule has 3 rings (SSSR count). The Kier molecular flexibility index (Phi) is 9.04. The fraction of sp³-hybridized carbons (Fsp3) is 0.321. The number of hydrogen-bond acceptors (Lipinski definition) is 4. The van der Waals surface area contributed by atoms with Crippen molar-refractivity contribution in [2.75, 3.05) is 6.61 Å². The number of rotatable bonds is 11. The van der Waals surface area contributed by atoms with Crippen molar-refractivity contribution in [3.63, 3.8) is 0 Å². The Balaban J connectivity index is 1.63. The summed E-state index contributed by atoms with van der Waals surface area (Å²) in [6.45, 7) is 3.80. The summed E-state index contributed by atoms with van der Waals surface area (Å²) in [4.78, 5) is 12.7. The highest BCUT2D eigenvalue weighted by Crippen LogP contribution is 2.22. The molecule has 0 radical (unpaired) electrons. The van der Waals surface area contributed by atoms with Crippen molar-refractivity contribution in [2.45, 2.75) is 51.3 Å². The Morgan fingerprint density at radius 1 is 0.879 bits per heavy atom. The van der Waals surface area contributed by atoms with Crippen LogP contribution in [0.25, 0.3) is 0 Å². The zero-order valence-electron chi connectivity index (χ0n) is 19.4. The minimum atomic E-state index is -0.784. The van der Waals surface area contributed by atoms with Gasteiger partial charge in [0, 0.05) is 6.04 Å². The van der Waals surface area contributed by atoms with E-state index in [4.69, 9.17) is 10.5 Å². The lowest BCUT2D eigenvalue weighted by molar-refractivity contribution is -0.124. The second-order valence-corrected chi connectivity index (χ2v) is 8.63. The van der Waals surface area contributed by atoms with Crippen LogP contribution in [0.2, 0.25) is 0 Å². The molecular weight excluding hydrogens is 412 g/mol. The molecule has 5 heteroatoms. The maximum Gasteiger partial charge on any atom is 0.258 e. The van der Waals surface area contributed by atoms with Gasteiger partial charge in [-0.3, -0.25) is 4.79 Å². The van der Waals surface area contributed by atoms with E-state index >= 15 is 0 Å². The molecule has 0 spiro atoms. The summed E-state index contributed by atoms with van der Waals surface area (Å²) in [7, 11) is 0. The summed E-state index contributed by atoms with van der Waals surface area (Å²) < 4.78 is 5.80. The Labute approximate surface area is 196 Å². The van der Waals surface area contributed by atoms with Crippen molar-refractivity contribution in [2.24, 2.45) is 5.73 Å². The molecule has 0 saturated heterocycles. The van der Waals surface area contributed by atoms with Crippen molar-refractivity contribution in [1.29, 1.82) is 0 Å². The molecule has 174 valence electrons. The number of aliphatic hydroxyl groups is 1. The lowest BCUT2D eigenvalue weighted by Gasteiger charge is -2.27. The zero-order chi connectivity index (χ0) is 23.6. The van der Waals surface area contributed by atoms with Gasteiger partial charge in [-0.25, -0.2) is 0 Å². The SMILES string of the molecule is Cc1cccc(C)c1OCC(=O)N[C@@H](Cc1ccccc1)[C@@H](O)C[C@@H](N)Cc1ccccc1. The van der Waals surface area contributed by atoms with E-state index in [1.54, 1.807) is 0 Å². The van der Waals surface area contributed by atoms with Crippen LogP contribution < -0.4 is 15.8 Å². The van der Waals surface area contributed by atoms with E-state index in [0.717, 1.165) is 28.0 Å². The van der Waals surface area contributed by atoms with E-state index < -0.39 is 12.1 Å². The highest BCUT2D eigenvalue weighted by Gasteiger charge is 2.24. The first kappa shape index (κ1) is 24.5. The predicted octanol–water partition coefficient (Wildman–Crippen LogP) is 3.73. The molecule has 0 aliphatic carbocycles. The van der Waals surface area contributed by atoms with Gasteiger partial charge in [0.2, 0.25) is 0 Å². The van der Waals surface area contributed by atoms with Crippen molar-refractivity contribution in [3.8, 4) is 5.75 Å². The van der Waals surface area contributed by atoms with Crippen molar-refractivity contribution < 1.29 is 14.6 Å². The summed E-state index contributed by atoms with van der Waals surface area (Å²) in [6, 6.07) is 25.0. The van der Waals surface area contributed by atoms with Crippen molar-refractivity contribution in [1.82, 2.24) is 5.32 Å². The third kappa shape index (κ3) is 7.74. The van der Waals surface area contributed by atoms with E-state index in [1.165, 1.54) is 0 Å². The van der Waals surface area contributed by atoms with Gasteiger partial charge in [-0.05, 0) is 55.4 Å². The molecular formula is C28H34N2O3. The van der Waals surface area contributed by atoms with Gasteiger partial charge in [0.05, 0.1) is 12.1 Å². The lowest BCUT2D eigenvalue weighted by Crippen LogP contribution is -2.48. The summed E-state index contributed by atoms with van der Waals surface area (Å²) in [6.07, 6.45) is 0.771. The van der Waals surface area contributed by atoms with Gasteiger partial charge in [-0.2, -0.15) is 0 Å². The zero-order valence-corrected chi connectivity index (χ0v) is 19.4. The van der Waals surface area contributed by atoms with E-state index in [1.807, 2.05) is 92.7 Å². The van der Waals surface area contributed by atoms with Crippen LogP contribution in [0.5, 0.6) is 5.75 Å². The average Bonchev–Trinajstić information content (AvgIpc) is 2.79. The molecule has 3 atom stereocenters. The van der Waals surface area contributed by atoms with Crippen LogP contribution in [0.1, 0.15) is 28.7 Å². The maximum atomic E-state index is 12.7. The predicted molar refractivity (Wildman–Crippen MR) is 132 cm³/mol. The topological polar surface area (TPSA) is 84.6 Å². The molecule has 0 aliphatic heterocycles. The summed E-state index contributed by atoms with van der Waals surface area (Å²) in [5.74, 6) is 0.451. The number of para-hydroxylation sites is 1. The van der Waals surface area contributed by atoms with E-state index in [2.05, 4.69) is 5.32 Å². The third-order valence-corrected chi connectivity index (χ3v) is 5.75. The number of ether oxygens (including phenoxy) is 1. The second kappa shape index (κ2) is 12.2. The fourth-order valence-electron chi connectivity index (χ4n) is 4.04. The Morgan fingerprint density at radius 2 is 1.42 bits per heavy atom. The largest absolute Gasteiger partial charge is 0.483 e. The number of carbonyl (C=O) groups excluding carboxylic acids is 1. The molecule has 0 aromatic heterocycles. The second-order valence-electron chi connectivity index (χ2n) is 8.63. The summed E-state index contributed by atoms with van der Waals surface area (Å²) in [5.41, 5.74) is 10.5. The number of benzene rings is 3. The number of nitrogens with two attached hydrogens (primary N) is 1. The van der Waals surface area contributed by atoms with E-state index in [-0.39, 0.29) is 18.6 Å². The number of carbonyl (C=O) groups is 1. The van der Waals surface area contributed by atoms with Gasteiger partial charge in [-0.15, -0.1) is 0 Å². The molecule has 4 N–H and O–H groups in total. The first-order valence-corrected chi connectivity index (χ1v) is 11.4. The first-order valence-electron chi connectivity index (χ1n) is 11.4. The van der Waals surface area contributed by atoms with Gasteiger partial charge < -0.3 is 20.9 Å². The maximum absolute atomic E-state index is 12.7. The number of hydrogen-bond donors (Lipinski definition) is 3. The van der Waals surface area contributed by atoms with Crippen molar-refractivity contribution in [3.05, 3.63) is 101 Å². The molecule has 3 aromatic carbocycles. The molecule has 5 nitrogen and oxygen atoms in total. The van der Waals surface area contributed by atoms with Crippen LogP contribution in [-0.4, -0.2) is 35.8 Å². The van der Waals surface area contributed by atoms with Crippen LogP contribution in [0.4, 0.5) is 0 Å². The third-order valence-electron chi connectivity index (χ3n) is 5.75. The molecule has 0 bridgehead atoms. The average molecular weight is 447 g/mol. The standard InChI is InChI=1S/C28H34N2O3/c1-20-10-9-11-21(2)28(20)33-19-27(32)30-25(17-23-14-7-4-8-15-23)26(31)18-24(29)16-22-12-5-3-6-13-22/h3-15,24-26,31H,16-19,29H2,1-2H3,(H,30,32)/t24-,25-,26-/m0/s1. The van der Waals surface area contributed by atoms with Crippen molar-refractivity contribution >= 4 is 5.91 Å². The molecule has 0 fully saturated rings. The van der Waals surface area contributed by atoms with Gasteiger partial charge in [0.15, 0.2) is 6.61 Å². The molecule has 0 saturated carbocycles. The quantitative estimate of drug-likeness (QED) is 0.419. The van der Waals surface area contributed by atoms with Crippen LogP contribution in [0.3, 0.4) is 0 Å². The fourth-order valence-corrected chi connectivity index (χ4v) is 4.04. The molecule has 33 heavy (non-hydrogen) atoms. The van der Waals surface area contributed by atoms with Crippen LogP contribution in [0.15, 0.2) is 78.9 Å². The monoisotopic (exact) mass is 446 g/mol. The minimum absolute atomic E-state index is 0.111. The van der Waals surface area contributed by atoms with E-state index in [0.29, 0.717) is 19.3 Å². The lowest BCUT2D eigenvalue weighted by atomic mass is 9.94. The van der Waals surface area contributed by atoms with Crippen LogP contribution in [-0.2, 0) is 17.6 Å². The molecule has 1 amide bonds. The van der Waals surface area contributed by atoms with Gasteiger partial charge >= 0.3 is 0 Å². The highest BCUT2D eigenvalue weighted by atomic mass is 16.5. The van der Waals surface area contributed by atoms with E-state index in [9.17, 15) is 9.90 Å². The minimum Gasteiger partial charge on any atom is -0.483 e. The number of amides is 1.